The molecule has 1 aliphatic rings. The highest BCUT2D eigenvalue weighted by Gasteiger charge is 2.25. The van der Waals surface area contributed by atoms with Crippen molar-refractivity contribution in [2.75, 3.05) is 0 Å². The van der Waals surface area contributed by atoms with Gasteiger partial charge in [-0.2, -0.15) is 0 Å². The van der Waals surface area contributed by atoms with E-state index in [0.717, 1.165) is 5.92 Å². The van der Waals surface area contributed by atoms with Crippen LogP contribution in [-0.2, 0) is 13.5 Å². The summed E-state index contributed by atoms with van der Waals surface area (Å²) in [6, 6.07) is 11.2. The number of aryl methyl sites for hydroxylation is 2. The summed E-state index contributed by atoms with van der Waals surface area (Å²) in [5.74, 6) is 1.48. The SMILES string of the molecule is Cc1ccccc1-c1cc(C2CCCC2)c(CC(C)C)c[n+]1C. The van der Waals surface area contributed by atoms with E-state index in [-0.39, 0.29) is 0 Å². The highest BCUT2D eigenvalue weighted by atomic mass is 14.9. The highest BCUT2D eigenvalue weighted by molar-refractivity contribution is 5.62. The van der Waals surface area contributed by atoms with Crippen molar-refractivity contribution < 1.29 is 4.57 Å². The topological polar surface area (TPSA) is 3.88 Å². The Balaban J connectivity index is 2.11. The van der Waals surface area contributed by atoms with E-state index in [9.17, 15) is 0 Å². The van der Waals surface area contributed by atoms with Crippen LogP contribution in [0.25, 0.3) is 11.3 Å². The molecule has 0 amide bonds. The van der Waals surface area contributed by atoms with Crippen molar-refractivity contribution in [3.05, 3.63) is 53.2 Å². The van der Waals surface area contributed by atoms with Crippen LogP contribution in [0.4, 0.5) is 0 Å². The molecule has 122 valence electrons. The molecule has 1 aliphatic carbocycles. The summed E-state index contributed by atoms with van der Waals surface area (Å²) in [7, 11) is 2.20. The lowest BCUT2D eigenvalue weighted by molar-refractivity contribution is -0.660. The van der Waals surface area contributed by atoms with Crippen molar-refractivity contribution in [2.24, 2.45) is 13.0 Å². The molecule has 0 N–H and O–H groups in total. The Labute approximate surface area is 141 Å². The quantitative estimate of drug-likeness (QED) is 0.671. The van der Waals surface area contributed by atoms with Gasteiger partial charge < -0.3 is 0 Å². The maximum atomic E-state index is 2.50. The summed E-state index contributed by atoms with van der Waals surface area (Å²) in [5.41, 5.74) is 7.26. The molecule has 23 heavy (non-hydrogen) atoms. The van der Waals surface area contributed by atoms with E-state index >= 15 is 0 Å². The van der Waals surface area contributed by atoms with Crippen LogP contribution in [-0.4, -0.2) is 0 Å². The summed E-state index contributed by atoms with van der Waals surface area (Å²) >= 11 is 0. The number of benzene rings is 1. The molecule has 1 aromatic carbocycles. The third kappa shape index (κ3) is 3.49. The molecule has 1 aromatic heterocycles. The normalized spacial score (nSPS) is 15.5. The van der Waals surface area contributed by atoms with Gasteiger partial charge in [0.1, 0.15) is 7.05 Å². The van der Waals surface area contributed by atoms with Crippen LogP contribution in [0.15, 0.2) is 36.5 Å². The van der Waals surface area contributed by atoms with Crippen LogP contribution in [0.5, 0.6) is 0 Å². The summed E-state index contributed by atoms with van der Waals surface area (Å²) in [4.78, 5) is 0. The maximum Gasteiger partial charge on any atom is 0.212 e. The molecule has 0 atom stereocenters. The fourth-order valence-corrected chi connectivity index (χ4v) is 4.07. The number of nitrogens with zero attached hydrogens (tertiary/aromatic N) is 1. The van der Waals surface area contributed by atoms with Crippen LogP contribution >= 0.6 is 0 Å². The molecule has 1 saturated carbocycles. The number of hydrogen-bond acceptors (Lipinski definition) is 0. The predicted octanol–water partition coefficient (Wildman–Crippen LogP) is 5.34. The molecule has 1 nitrogen and oxygen atoms in total. The molecule has 0 radical (unpaired) electrons. The van der Waals surface area contributed by atoms with Crippen LogP contribution < -0.4 is 4.57 Å². The van der Waals surface area contributed by atoms with E-state index in [2.05, 4.69) is 68.9 Å². The van der Waals surface area contributed by atoms with Crippen LogP contribution in [0.3, 0.4) is 0 Å². The van der Waals surface area contributed by atoms with Gasteiger partial charge in [-0.3, -0.25) is 0 Å². The van der Waals surface area contributed by atoms with Gasteiger partial charge in [-0.15, -0.1) is 0 Å². The maximum absolute atomic E-state index is 2.50. The average Bonchev–Trinajstić information content (AvgIpc) is 3.02. The molecule has 0 saturated heterocycles. The first-order valence-corrected chi connectivity index (χ1v) is 9.14. The second-order valence-corrected chi connectivity index (χ2v) is 7.64. The van der Waals surface area contributed by atoms with Gasteiger partial charge in [0.15, 0.2) is 6.20 Å². The number of pyridine rings is 1. The standard InChI is InChI=1S/C22H30N/c1-16(2)13-19-15-23(4)22(20-12-8-5-9-17(20)3)14-21(19)18-10-6-7-11-18/h5,8-9,12,14-16,18H,6-7,10-11,13H2,1-4H3/q+1. The van der Waals surface area contributed by atoms with Crippen molar-refractivity contribution in [3.63, 3.8) is 0 Å². The van der Waals surface area contributed by atoms with E-state index < -0.39 is 0 Å². The lowest BCUT2D eigenvalue weighted by Gasteiger charge is -2.17. The molecule has 0 bridgehead atoms. The summed E-state index contributed by atoms with van der Waals surface area (Å²) in [5, 5.41) is 0. The largest absolute Gasteiger partial charge is 0.212 e. The molecule has 2 aromatic rings. The Morgan fingerprint density at radius 2 is 1.83 bits per heavy atom. The predicted molar refractivity (Wildman–Crippen MR) is 97.5 cm³/mol. The lowest BCUT2D eigenvalue weighted by Crippen LogP contribution is -2.32. The summed E-state index contributed by atoms with van der Waals surface area (Å²) < 4.78 is 2.33. The highest BCUT2D eigenvalue weighted by Crippen LogP contribution is 2.37. The van der Waals surface area contributed by atoms with Crippen molar-refractivity contribution >= 4 is 0 Å². The monoisotopic (exact) mass is 308 g/mol. The van der Waals surface area contributed by atoms with Gasteiger partial charge in [-0.05, 0) is 55.2 Å². The van der Waals surface area contributed by atoms with Gasteiger partial charge in [0.2, 0.25) is 5.69 Å². The van der Waals surface area contributed by atoms with Crippen LogP contribution in [0.2, 0.25) is 0 Å². The molecule has 1 fully saturated rings. The number of hydrogen-bond donors (Lipinski definition) is 0. The van der Waals surface area contributed by atoms with Crippen molar-refractivity contribution in [2.45, 2.75) is 58.8 Å². The second-order valence-electron chi connectivity index (χ2n) is 7.64. The third-order valence-corrected chi connectivity index (χ3v) is 5.24. The van der Waals surface area contributed by atoms with Gasteiger partial charge >= 0.3 is 0 Å². The van der Waals surface area contributed by atoms with E-state index in [0.29, 0.717) is 5.92 Å². The van der Waals surface area contributed by atoms with Crippen molar-refractivity contribution in [1.29, 1.82) is 0 Å². The van der Waals surface area contributed by atoms with Gasteiger partial charge in [-0.25, -0.2) is 4.57 Å². The van der Waals surface area contributed by atoms with E-state index in [1.165, 1.54) is 48.9 Å². The Morgan fingerprint density at radius 1 is 1.13 bits per heavy atom. The first-order valence-electron chi connectivity index (χ1n) is 9.14. The minimum absolute atomic E-state index is 0.708. The van der Waals surface area contributed by atoms with Crippen LogP contribution in [0.1, 0.15) is 62.1 Å². The molecule has 1 heteroatoms. The van der Waals surface area contributed by atoms with Gasteiger partial charge in [0.25, 0.3) is 0 Å². The minimum Gasteiger partial charge on any atom is -0.201 e. The number of rotatable bonds is 4. The number of aromatic nitrogens is 1. The van der Waals surface area contributed by atoms with Crippen molar-refractivity contribution in [1.82, 2.24) is 0 Å². The Bertz CT molecular complexity index is 678. The van der Waals surface area contributed by atoms with E-state index in [1.807, 2.05) is 0 Å². The first kappa shape index (κ1) is 16.2. The molecule has 0 spiro atoms. The summed E-state index contributed by atoms with van der Waals surface area (Å²) in [6.45, 7) is 6.87. The van der Waals surface area contributed by atoms with E-state index in [1.54, 1.807) is 11.1 Å². The smallest absolute Gasteiger partial charge is 0.201 e. The first-order chi connectivity index (χ1) is 11.1. The zero-order valence-corrected chi connectivity index (χ0v) is 15.1. The van der Waals surface area contributed by atoms with Crippen LogP contribution in [0, 0.1) is 12.8 Å². The van der Waals surface area contributed by atoms with Gasteiger partial charge in [-0.1, -0.05) is 44.9 Å². The molecular weight excluding hydrogens is 278 g/mol. The Hall–Kier alpha value is -1.63. The minimum atomic E-state index is 0.708. The average molecular weight is 308 g/mol. The second kappa shape index (κ2) is 6.86. The zero-order chi connectivity index (χ0) is 16.4. The van der Waals surface area contributed by atoms with Gasteiger partial charge in [0, 0.05) is 17.2 Å². The zero-order valence-electron chi connectivity index (χ0n) is 15.1. The fourth-order valence-electron chi connectivity index (χ4n) is 4.07. The molecule has 1 heterocycles. The molecule has 3 rings (SSSR count). The molecule has 0 unspecified atom stereocenters. The molecule has 0 aliphatic heterocycles. The fraction of sp³-hybridized carbons (Fsp3) is 0.500. The third-order valence-electron chi connectivity index (χ3n) is 5.24. The van der Waals surface area contributed by atoms with E-state index in [4.69, 9.17) is 0 Å². The van der Waals surface area contributed by atoms with Crippen molar-refractivity contribution in [3.8, 4) is 11.3 Å². The van der Waals surface area contributed by atoms with Gasteiger partial charge in [0.05, 0.1) is 0 Å². The Morgan fingerprint density at radius 3 is 2.48 bits per heavy atom. The molecular formula is C22H30N+. The summed E-state index contributed by atoms with van der Waals surface area (Å²) in [6.07, 6.45) is 9.11. The Kier molecular flexibility index (Phi) is 4.84. The lowest BCUT2D eigenvalue weighted by atomic mass is 9.88.